The summed E-state index contributed by atoms with van der Waals surface area (Å²) in [6.45, 7) is 1.51. The van der Waals surface area contributed by atoms with E-state index in [2.05, 4.69) is 22.5 Å². The number of benzene rings is 1. The largest absolute Gasteiger partial charge is 0.392 e. The Balaban J connectivity index is 1.65. The topological polar surface area (TPSA) is 42.4 Å². The van der Waals surface area contributed by atoms with Crippen LogP contribution in [0.4, 0.5) is 0 Å². The van der Waals surface area contributed by atoms with E-state index in [4.69, 9.17) is 4.74 Å². The van der Waals surface area contributed by atoms with Crippen LogP contribution in [0.25, 0.3) is 11.3 Å². The maximum absolute atomic E-state index is 10.3. The summed E-state index contributed by atoms with van der Waals surface area (Å²) >= 11 is 1.62. The van der Waals surface area contributed by atoms with Crippen LogP contribution in [0.3, 0.4) is 0 Å². The van der Waals surface area contributed by atoms with Crippen LogP contribution in [0.15, 0.2) is 35.7 Å². The van der Waals surface area contributed by atoms with Gasteiger partial charge in [0.05, 0.1) is 23.4 Å². The maximum Gasteiger partial charge on any atom is 0.0958 e. The molecule has 2 unspecified atom stereocenters. The second-order valence-electron chi connectivity index (χ2n) is 5.24. The highest BCUT2D eigenvalue weighted by Crippen LogP contribution is 2.25. The molecule has 1 aliphatic heterocycles. The molecule has 1 aliphatic rings. The number of hydrogen-bond acceptors (Lipinski definition) is 4. The Morgan fingerprint density at radius 1 is 1.35 bits per heavy atom. The Morgan fingerprint density at radius 2 is 2.20 bits per heavy atom. The van der Waals surface area contributed by atoms with Crippen molar-refractivity contribution >= 4 is 11.3 Å². The summed E-state index contributed by atoms with van der Waals surface area (Å²) in [4.78, 5) is 4.63. The van der Waals surface area contributed by atoms with Gasteiger partial charge in [-0.25, -0.2) is 4.98 Å². The van der Waals surface area contributed by atoms with Gasteiger partial charge in [-0.3, -0.25) is 0 Å². The van der Waals surface area contributed by atoms with E-state index >= 15 is 0 Å². The molecule has 106 valence electrons. The van der Waals surface area contributed by atoms with Crippen molar-refractivity contribution in [2.75, 3.05) is 13.2 Å². The Kier molecular flexibility index (Phi) is 4.45. The van der Waals surface area contributed by atoms with Crippen LogP contribution < -0.4 is 0 Å². The van der Waals surface area contributed by atoms with Crippen molar-refractivity contribution in [3.05, 3.63) is 40.7 Å². The molecular weight excluding hydrogens is 270 g/mol. The summed E-state index contributed by atoms with van der Waals surface area (Å²) < 4.78 is 5.44. The second-order valence-corrected chi connectivity index (χ2v) is 6.18. The molecule has 0 amide bonds. The average Bonchev–Trinajstić information content (AvgIpc) is 2.97. The Morgan fingerprint density at radius 3 is 2.95 bits per heavy atom. The van der Waals surface area contributed by atoms with Gasteiger partial charge in [0.1, 0.15) is 0 Å². The van der Waals surface area contributed by atoms with Gasteiger partial charge in [-0.05, 0) is 12.8 Å². The van der Waals surface area contributed by atoms with E-state index in [0.717, 1.165) is 35.7 Å². The number of hydrogen-bond donors (Lipinski definition) is 1. The third kappa shape index (κ3) is 3.26. The molecule has 20 heavy (non-hydrogen) atoms. The van der Waals surface area contributed by atoms with E-state index in [1.807, 2.05) is 18.2 Å². The zero-order valence-electron chi connectivity index (χ0n) is 11.4. The molecule has 2 heterocycles. The number of aliphatic hydroxyl groups is 1. The van der Waals surface area contributed by atoms with Crippen LogP contribution in [-0.4, -0.2) is 29.4 Å². The molecule has 1 saturated heterocycles. The summed E-state index contributed by atoms with van der Waals surface area (Å²) in [7, 11) is 0. The highest BCUT2D eigenvalue weighted by Gasteiger charge is 2.23. The zero-order valence-corrected chi connectivity index (χ0v) is 12.2. The number of aromatic nitrogens is 1. The first-order chi connectivity index (χ1) is 9.83. The van der Waals surface area contributed by atoms with Crippen LogP contribution in [0.1, 0.15) is 17.8 Å². The van der Waals surface area contributed by atoms with Gasteiger partial charge < -0.3 is 9.84 Å². The van der Waals surface area contributed by atoms with Gasteiger partial charge in [-0.1, -0.05) is 30.3 Å². The third-order valence-electron chi connectivity index (χ3n) is 3.74. The van der Waals surface area contributed by atoms with Gasteiger partial charge in [0.15, 0.2) is 0 Å². The molecule has 1 aromatic carbocycles. The van der Waals surface area contributed by atoms with Crippen molar-refractivity contribution in [2.24, 2.45) is 5.92 Å². The molecule has 1 aromatic heterocycles. The first kappa shape index (κ1) is 13.7. The molecule has 3 rings (SSSR count). The molecule has 3 nitrogen and oxygen atoms in total. The molecule has 4 heteroatoms. The van der Waals surface area contributed by atoms with Crippen molar-refractivity contribution in [3.8, 4) is 11.3 Å². The SMILES string of the molecule is OC(Cc1nc(-c2ccccc2)cs1)C1CCCOC1. The molecule has 0 bridgehead atoms. The molecule has 1 N–H and O–H groups in total. The Labute approximate surface area is 123 Å². The van der Waals surface area contributed by atoms with Crippen LogP contribution >= 0.6 is 11.3 Å². The van der Waals surface area contributed by atoms with Crippen LogP contribution in [-0.2, 0) is 11.2 Å². The minimum absolute atomic E-state index is 0.257. The van der Waals surface area contributed by atoms with E-state index in [0.29, 0.717) is 13.0 Å². The molecule has 2 atom stereocenters. The lowest BCUT2D eigenvalue weighted by Gasteiger charge is -2.26. The molecular formula is C16H19NO2S. The summed E-state index contributed by atoms with van der Waals surface area (Å²) in [6, 6.07) is 10.2. The summed E-state index contributed by atoms with van der Waals surface area (Å²) in [6.07, 6.45) is 2.39. The Bertz CT molecular complexity index is 534. The van der Waals surface area contributed by atoms with E-state index in [1.165, 1.54) is 0 Å². The van der Waals surface area contributed by atoms with Crippen molar-refractivity contribution in [2.45, 2.75) is 25.4 Å². The fourth-order valence-corrected chi connectivity index (χ4v) is 3.42. The Hall–Kier alpha value is -1.23. The van der Waals surface area contributed by atoms with Gasteiger partial charge in [0.25, 0.3) is 0 Å². The number of ether oxygens (including phenoxy) is 1. The van der Waals surface area contributed by atoms with Gasteiger partial charge >= 0.3 is 0 Å². The number of rotatable bonds is 4. The summed E-state index contributed by atoms with van der Waals surface area (Å²) in [5.74, 6) is 0.257. The van der Waals surface area contributed by atoms with Gasteiger partial charge in [-0.2, -0.15) is 0 Å². The molecule has 0 saturated carbocycles. The quantitative estimate of drug-likeness (QED) is 0.940. The predicted molar refractivity (Wildman–Crippen MR) is 80.8 cm³/mol. The number of aliphatic hydroxyl groups excluding tert-OH is 1. The summed E-state index contributed by atoms with van der Waals surface area (Å²) in [5, 5.41) is 13.4. The minimum Gasteiger partial charge on any atom is -0.392 e. The lowest BCUT2D eigenvalue weighted by Crippen LogP contribution is -2.30. The van der Waals surface area contributed by atoms with Crippen molar-refractivity contribution < 1.29 is 9.84 Å². The van der Waals surface area contributed by atoms with Crippen molar-refractivity contribution in [3.63, 3.8) is 0 Å². The molecule has 1 fully saturated rings. The normalized spacial score (nSPS) is 20.8. The van der Waals surface area contributed by atoms with E-state index in [-0.39, 0.29) is 12.0 Å². The van der Waals surface area contributed by atoms with E-state index < -0.39 is 0 Å². The third-order valence-corrected chi connectivity index (χ3v) is 4.62. The highest BCUT2D eigenvalue weighted by atomic mass is 32.1. The number of nitrogens with zero attached hydrogens (tertiary/aromatic N) is 1. The lowest BCUT2D eigenvalue weighted by molar-refractivity contribution is -0.00847. The first-order valence-electron chi connectivity index (χ1n) is 7.08. The van der Waals surface area contributed by atoms with Crippen molar-refractivity contribution in [1.29, 1.82) is 0 Å². The average molecular weight is 289 g/mol. The molecule has 0 radical (unpaired) electrons. The predicted octanol–water partition coefficient (Wildman–Crippen LogP) is 3.14. The molecule has 0 spiro atoms. The van der Waals surface area contributed by atoms with Gasteiger partial charge in [0, 0.05) is 29.9 Å². The smallest absolute Gasteiger partial charge is 0.0958 e. The van der Waals surface area contributed by atoms with E-state index in [9.17, 15) is 5.11 Å². The maximum atomic E-state index is 10.3. The van der Waals surface area contributed by atoms with Crippen LogP contribution in [0.5, 0.6) is 0 Å². The fourth-order valence-electron chi connectivity index (χ4n) is 2.56. The van der Waals surface area contributed by atoms with Gasteiger partial charge in [-0.15, -0.1) is 11.3 Å². The standard InChI is InChI=1S/C16H19NO2S/c18-15(13-7-4-8-19-10-13)9-16-17-14(11-20-16)12-5-2-1-3-6-12/h1-3,5-6,11,13,15,18H,4,7-10H2. The van der Waals surface area contributed by atoms with Gasteiger partial charge in [0.2, 0.25) is 0 Å². The minimum atomic E-state index is -0.343. The van der Waals surface area contributed by atoms with Crippen LogP contribution in [0, 0.1) is 5.92 Å². The fraction of sp³-hybridized carbons (Fsp3) is 0.438. The highest BCUT2D eigenvalue weighted by molar-refractivity contribution is 7.09. The molecule has 2 aromatic rings. The molecule has 0 aliphatic carbocycles. The lowest BCUT2D eigenvalue weighted by atomic mass is 9.94. The van der Waals surface area contributed by atoms with Crippen molar-refractivity contribution in [1.82, 2.24) is 4.98 Å². The zero-order chi connectivity index (χ0) is 13.8. The van der Waals surface area contributed by atoms with Crippen LogP contribution in [0.2, 0.25) is 0 Å². The number of thiazole rings is 1. The summed E-state index contributed by atoms with van der Waals surface area (Å²) in [5.41, 5.74) is 2.13. The second kappa shape index (κ2) is 6.48. The van der Waals surface area contributed by atoms with E-state index in [1.54, 1.807) is 11.3 Å². The first-order valence-corrected chi connectivity index (χ1v) is 7.96. The monoisotopic (exact) mass is 289 g/mol.